The van der Waals surface area contributed by atoms with E-state index in [0.29, 0.717) is 5.41 Å². The highest BCUT2D eigenvalue weighted by Crippen LogP contribution is 2.60. The van der Waals surface area contributed by atoms with Crippen molar-refractivity contribution >= 4 is 0 Å². The molecule has 0 spiro atoms. The van der Waals surface area contributed by atoms with Crippen molar-refractivity contribution < 1.29 is 0 Å². The lowest BCUT2D eigenvalue weighted by Crippen LogP contribution is -2.49. The second-order valence-corrected chi connectivity index (χ2v) is 7.58. The van der Waals surface area contributed by atoms with Gasteiger partial charge in [-0.2, -0.15) is 0 Å². The van der Waals surface area contributed by atoms with Crippen molar-refractivity contribution in [2.75, 3.05) is 0 Å². The fourth-order valence-corrected chi connectivity index (χ4v) is 5.62. The van der Waals surface area contributed by atoms with E-state index in [1.165, 1.54) is 49.9 Å². The molecule has 4 bridgehead atoms. The van der Waals surface area contributed by atoms with Crippen molar-refractivity contribution in [1.82, 2.24) is 9.97 Å². The first kappa shape index (κ1) is 12.0. The van der Waals surface area contributed by atoms with Gasteiger partial charge in [-0.15, -0.1) is 0 Å². The number of aromatic amines is 1. The topological polar surface area (TPSA) is 54.7 Å². The van der Waals surface area contributed by atoms with Gasteiger partial charge in [-0.25, -0.2) is 4.98 Å². The van der Waals surface area contributed by atoms with Crippen molar-refractivity contribution in [3.05, 3.63) is 17.2 Å². The van der Waals surface area contributed by atoms with E-state index in [-0.39, 0.29) is 6.04 Å². The summed E-state index contributed by atoms with van der Waals surface area (Å²) in [5.74, 6) is 3.89. The third-order valence-electron chi connectivity index (χ3n) is 5.87. The number of nitrogens with one attached hydrogen (secondary N) is 1. The fourth-order valence-electron chi connectivity index (χ4n) is 5.62. The minimum absolute atomic E-state index is 0.0152. The number of rotatable bonds is 2. The van der Waals surface area contributed by atoms with Crippen LogP contribution < -0.4 is 5.73 Å². The molecule has 4 aliphatic carbocycles. The second-order valence-electron chi connectivity index (χ2n) is 7.58. The number of imidazole rings is 1. The van der Waals surface area contributed by atoms with Crippen LogP contribution in [0.1, 0.15) is 68.7 Å². The molecule has 0 amide bonds. The number of nitrogens with two attached hydrogens (primary N) is 1. The third-order valence-corrected chi connectivity index (χ3v) is 5.87. The van der Waals surface area contributed by atoms with E-state index in [2.05, 4.69) is 11.9 Å². The molecule has 4 saturated carbocycles. The highest BCUT2D eigenvalue weighted by Gasteiger charge is 2.53. The SMILES string of the molecule is Cc1[nH]c(C(C)N)nc1C12CC3CC(CC(C3)C1)C2. The van der Waals surface area contributed by atoms with E-state index in [1.54, 1.807) is 0 Å². The van der Waals surface area contributed by atoms with Gasteiger partial charge in [0.25, 0.3) is 0 Å². The van der Waals surface area contributed by atoms with E-state index in [9.17, 15) is 0 Å². The molecule has 4 aliphatic rings. The number of hydrogen-bond acceptors (Lipinski definition) is 2. The molecule has 0 aliphatic heterocycles. The van der Waals surface area contributed by atoms with Crippen LogP contribution in [0.25, 0.3) is 0 Å². The maximum Gasteiger partial charge on any atom is 0.123 e. The molecule has 0 saturated heterocycles. The van der Waals surface area contributed by atoms with Gasteiger partial charge in [0.1, 0.15) is 5.82 Å². The molecule has 104 valence electrons. The zero-order chi connectivity index (χ0) is 13.2. The summed E-state index contributed by atoms with van der Waals surface area (Å²) in [6.07, 6.45) is 8.60. The van der Waals surface area contributed by atoms with Gasteiger partial charge in [-0.3, -0.25) is 0 Å². The molecule has 0 aromatic carbocycles. The molecule has 3 heteroatoms. The van der Waals surface area contributed by atoms with Gasteiger partial charge in [0.15, 0.2) is 0 Å². The number of H-pyrrole nitrogens is 1. The van der Waals surface area contributed by atoms with Gasteiger partial charge < -0.3 is 10.7 Å². The predicted octanol–water partition coefficient (Wildman–Crippen LogP) is 3.21. The van der Waals surface area contributed by atoms with Crippen molar-refractivity contribution in [3.8, 4) is 0 Å². The standard InChI is InChI=1S/C16H25N3/c1-9(17)15-18-10(2)14(19-15)16-6-11-3-12(7-16)5-13(4-11)8-16/h9,11-13H,3-8,17H2,1-2H3,(H,18,19). The van der Waals surface area contributed by atoms with Crippen LogP contribution in [-0.4, -0.2) is 9.97 Å². The molecule has 3 N–H and O–H groups in total. The lowest BCUT2D eigenvalue weighted by Gasteiger charge is -2.56. The molecule has 1 heterocycles. The summed E-state index contributed by atoms with van der Waals surface area (Å²) in [7, 11) is 0. The van der Waals surface area contributed by atoms with E-state index in [1.807, 2.05) is 6.92 Å². The Hall–Kier alpha value is -0.830. The Morgan fingerprint density at radius 2 is 1.68 bits per heavy atom. The lowest BCUT2D eigenvalue weighted by atomic mass is 9.48. The second kappa shape index (κ2) is 3.85. The lowest BCUT2D eigenvalue weighted by molar-refractivity contribution is -0.00736. The largest absolute Gasteiger partial charge is 0.345 e. The summed E-state index contributed by atoms with van der Waals surface area (Å²) < 4.78 is 0. The summed E-state index contributed by atoms with van der Waals surface area (Å²) in [6.45, 7) is 4.20. The van der Waals surface area contributed by atoms with Gasteiger partial charge in [0, 0.05) is 11.1 Å². The van der Waals surface area contributed by atoms with E-state index < -0.39 is 0 Å². The van der Waals surface area contributed by atoms with Crippen LogP contribution in [0, 0.1) is 24.7 Å². The van der Waals surface area contributed by atoms with Gasteiger partial charge in [0.2, 0.25) is 0 Å². The van der Waals surface area contributed by atoms with Crippen LogP contribution in [0.2, 0.25) is 0 Å². The van der Waals surface area contributed by atoms with Crippen LogP contribution in [0.3, 0.4) is 0 Å². The maximum atomic E-state index is 5.99. The first-order valence-electron chi connectivity index (χ1n) is 7.88. The molecular weight excluding hydrogens is 234 g/mol. The molecule has 1 aromatic heterocycles. The highest BCUT2D eigenvalue weighted by molar-refractivity contribution is 5.28. The van der Waals surface area contributed by atoms with Crippen LogP contribution >= 0.6 is 0 Å². The number of aryl methyl sites for hydroxylation is 1. The predicted molar refractivity (Wildman–Crippen MR) is 75.8 cm³/mol. The molecule has 1 atom stereocenters. The normalized spacial score (nSPS) is 41.7. The van der Waals surface area contributed by atoms with Gasteiger partial charge in [-0.1, -0.05) is 0 Å². The first-order chi connectivity index (χ1) is 9.06. The Balaban J connectivity index is 1.75. The van der Waals surface area contributed by atoms with Crippen molar-refractivity contribution in [2.45, 2.75) is 63.8 Å². The average Bonchev–Trinajstić information content (AvgIpc) is 2.70. The molecule has 1 aromatic rings. The van der Waals surface area contributed by atoms with Crippen LogP contribution in [0.15, 0.2) is 0 Å². The molecule has 1 unspecified atom stereocenters. The summed E-state index contributed by atoms with van der Waals surface area (Å²) in [5.41, 5.74) is 9.02. The van der Waals surface area contributed by atoms with Crippen LogP contribution in [0.4, 0.5) is 0 Å². The summed E-state index contributed by atoms with van der Waals surface area (Å²) >= 11 is 0. The minimum Gasteiger partial charge on any atom is -0.345 e. The monoisotopic (exact) mass is 259 g/mol. The van der Waals surface area contributed by atoms with Gasteiger partial charge >= 0.3 is 0 Å². The van der Waals surface area contributed by atoms with Crippen molar-refractivity contribution in [2.24, 2.45) is 23.5 Å². The van der Waals surface area contributed by atoms with Crippen LogP contribution in [0.5, 0.6) is 0 Å². The molecule has 19 heavy (non-hydrogen) atoms. The zero-order valence-corrected chi connectivity index (χ0v) is 12.1. The molecule has 4 fully saturated rings. The van der Waals surface area contributed by atoms with E-state index >= 15 is 0 Å². The molecular formula is C16H25N3. The number of nitrogens with zero attached hydrogens (tertiary/aromatic N) is 1. The Bertz CT molecular complexity index is 465. The van der Waals surface area contributed by atoms with Gasteiger partial charge in [-0.05, 0) is 70.1 Å². The molecule has 0 radical (unpaired) electrons. The average molecular weight is 259 g/mol. The Morgan fingerprint density at radius 3 is 2.11 bits per heavy atom. The van der Waals surface area contributed by atoms with Crippen LogP contribution in [-0.2, 0) is 5.41 Å². The van der Waals surface area contributed by atoms with E-state index in [4.69, 9.17) is 10.7 Å². The molecule has 3 nitrogen and oxygen atoms in total. The van der Waals surface area contributed by atoms with Crippen molar-refractivity contribution in [3.63, 3.8) is 0 Å². The summed E-state index contributed by atoms with van der Waals surface area (Å²) in [4.78, 5) is 8.35. The third kappa shape index (κ3) is 1.70. The number of hydrogen-bond donors (Lipinski definition) is 2. The molecule has 5 rings (SSSR count). The number of aromatic nitrogens is 2. The summed E-state index contributed by atoms with van der Waals surface area (Å²) in [5, 5.41) is 0. The highest BCUT2D eigenvalue weighted by atomic mass is 15.0. The van der Waals surface area contributed by atoms with E-state index in [0.717, 1.165) is 23.6 Å². The quantitative estimate of drug-likeness (QED) is 0.857. The maximum absolute atomic E-state index is 5.99. The zero-order valence-electron chi connectivity index (χ0n) is 12.1. The fraction of sp³-hybridized carbons (Fsp3) is 0.812. The van der Waals surface area contributed by atoms with Crippen molar-refractivity contribution in [1.29, 1.82) is 0 Å². The van der Waals surface area contributed by atoms with Gasteiger partial charge in [0.05, 0.1) is 11.7 Å². The minimum atomic E-state index is 0.0152. The Labute approximate surface area is 115 Å². The Kier molecular flexibility index (Phi) is 2.42. The smallest absolute Gasteiger partial charge is 0.123 e. The summed E-state index contributed by atoms with van der Waals surface area (Å²) in [6, 6.07) is 0.0152. The Morgan fingerprint density at radius 1 is 1.16 bits per heavy atom. The first-order valence-corrected chi connectivity index (χ1v) is 7.88.